The molecule has 8 heteroatoms. The average Bonchev–Trinajstić information content (AvgIpc) is 3.31. The Hall–Kier alpha value is -3.00. The Kier molecular flexibility index (Phi) is 5.08. The number of hydrogen-bond acceptors (Lipinski definition) is 7. The van der Waals surface area contributed by atoms with Crippen molar-refractivity contribution in [3.05, 3.63) is 52.7 Å². The second-order valence-corrected chi connectivity index (χ2v) is 8.18. The van der Waals surface area contributed by atoms with E-state index in [1.165, 1.54) is 23.2 Å². The van der Waals surface area contributed by atoms with Gasteiger partial charge in [-0.25, -0.2) is 14.6 Å². The Bertz CT molecular complexity index is 1100. The van der Waals surface area contributed by atoms with Crippen molar-refractivity contribution < 1.29 is 0 Å². The number of hydrogen-bond donors (Lipinski definition) is 0. The number of piperazine rings is 1. The minimum absolute atomic E-state index is 0.0571. The first-order valence-corrected chi connectivity index (χ1v) is 10.7. The lowest BCUT2D eigenvalue weighted by Crippen LogP contribution is -2.46. The van der Waals surface area contributed by atoms with Crippen molar-refractivity contribution in [3.8, 4) is 0 Å². The number of nitrogens with zero attached hydrogens (tertiary/aromatic N) is 7. The average molecular weight is 406 g/mol. The van der Waals surface area contributed by atoms with E-state index in [1.54, 1.807) is 25.6 Å². The van der Waals surface area contributed by atoms with Crippen LogP contribution in [0.4, 0.5) is 11.5 Å². The molecule has 0 amide bonds. The third kappa shape index (κ3) is 3.75. The van der Waals surface area contributed by atoms with Crippen molar-refractivity contribution in [1.82, 2.24) is 24.6 Å². The van der Waals surface area contributed by atoms with Crippen LogP contribution in [0.2, 0.25) is 0 Å². The van der Waals surface area contributed by atoms with E-state index in [0.717, 1.165) is 68.1 Å². The molecule has 0 bridgehead atoms. The summed E-state index contributed by atoms with van der Waals surface area (Å²) in [6.07, 6.45) is 5.93. The highest BCUT2D eigenvalue weighted by atomic mass is 16.1. The zero-order valence-electron chi connectivity index (χ0n) is 17.4. The first-order valence-electron chi connectivity index (χ1n) is 10.7. The van der Waals surface area contributed by atoms with Gasteiger partial charge in [0.1, 0.15) is 12.1 Å². The zero-order chi connectivity index (χ0) is 20.5. The summed E-state index contributed by atoms with van der Waals surface area (Å²) in [5.74, 6) is 1.07. The van der Waals surface area contributed by atoms with Crippen LogP contribution >= 0.6 is 0 Å². The van der Waals surface area contributed by atoms with E-state index < -0.39 is 0 Å². The van der Waals surface area contributed by atoms with Gasteiger partial charge in [0, 0.05) is 70.0 Å². The second kappa shape index (κ2) is 8.02. The van der Waals surface area contributed by atoms with Gasteiger partial charge in [0.15, 0.2) is 0 Å². The summed E-state index contributed by atoms with van der Waals surface area (Å²) in [5.41, 5.74) is 3.16. The molecular formula is C22H27N7O. The highest BCUT2D eigenvalue weighted by Crippen LogP contribution is 2.30. The molecule has 5 rings (SSSR count). The topological polar surface area (TPSA) is 70.4 Å². The van der Waals surface area contributed by atoms with Crippen molar-refractivity contribution in [2.45, 2.75) is 19.4 Å². The molecule has 0 saturated carbocycles. The van der Waals surface area contributed by atoms with Gasteiger partial charge in [0.2, 0.25) is 0 Å². The third-order valence-corrected chi connectivity index (χ3v) is 6.17. The molecule has 0 spiro atoms. The molecule has 0 N–H and O–H groups in total. The Morgan fingerprint density at radius 3 is 2.50 bits per heavy atom. The Morgan fingerprint density at radius 1 is 0.933 bits per heavy atom. The third-order valence-electron chi connectivity index (χ3n) is 6.17. The summed E-state index contributed by atoms with van der Waals surface area (Å²) in [6.45, 7) is 6.74. The summed E-state index contributed by atoms with van der Waals surface area (Å²) >= 11 is 0. The Morgan fingerprint density at radius 2 is 1.73 bits per heavy atom. The van der Waals surface area contributed by atoms with E-state index in [4.69, 9.17) is 0 Å². The molecular weight excluding hydrogens is 378 g/mol. The van der Waals surface area contributed by atoms with Gasteiger partial charge in [-0.05, 0) is 36.6 Å². The van der Waals surface area contributed by atoms with Crippen LogP contribution in [-0.4, -0.2) is 63.9 Å². The maximum absolute atomic E-state index is 11.8. The number of anilines is 2. The van der Waals surface area contributed by atoms with Gasteiger partial charge in [0.05, 0.1) is 11.7 Å². The molecule has 3 aromatic rings. The summed E-state index contributed by atoms with van der Waals surface area (Å²) in [5, 5.41) is 5.27. The van der Waals surface area contributed by atoms with Gasteiger partial charge in [-0.3, -0.25) is 9.69 Å². The molecule has 2 aliphatic rings. The van der Waals surface area contributed by atoms with E-state index >= 15 is 0 Å². The van der Waals surface area contributed by atoms with Gasteiger partial charge in [-0.15, -0.1) is 0 Å². The fourth-order valence-corrected chi connectivity index (χ4v) is 4.42. The molecule has 0 unspecified atom stereocenters. The molecule has 0 atom stereocenters. The highest BCUT2D eigenvalue weighted by molar-refractivity contribution is 5.92. The van der Waals surface area contributed by atoms with Crippen LogP contribution in [0.5, 0.6) is 0 Å². The SMILES string of the molecule is Cn1ncc(CN2CCN(c3ccc4ncnc(N5CCCC5)c4c3)CC2)cc1=O. The maximum atomic E-state index is 11.8. The highest BCUT2D eigenvalue weighted by Gasteiger charge is 2.20. The van der Waals surface area contributed by atoms with Crippen LogP contribution in [0.15, 0.2) is 41.6 Å². The first kappa shape index (κ1) is 19.0. The number of benzene rings is 1. The van der Waals surface area contributed by atoms with Crippen LogP contribution in [0, 0.1) is 0 Å². The standard InChI is InChI=1S/C22H27N7O/c1-26-21(30)12-17(14-25-26)15-27-8-10-28(11-9-27)18-4-5-20-19(13-18)22(24-16-23-20)29-6-2-3-7-29/h4-5,12-14,16H,2-3,6-11,15H2,1H3. The first-order chi connectivity index (χ1) is 14.7. The molecule has 30 heavy (non-hydrogen) atoms. The predicted molar refractivity (Wildman–Crippen MR) is 118 cm³/mol. The summed E-state index contributed by atoms with van der Waals surface area (Å²) < 4.78 is 1.36. The van der Waals surface area contributed by atoms with Crippen molar-refractivity contribution >= 4 is 22.4 Å². The fraction of sp³-hybridized carbons (Fsp3) is 0.455. The lowest BCUT2D eigenvalue weighted by atomic mass is 10.1. The van der Waals surface area contributed by atoms with E-state index in [2.05, 4.69) is 48.0 Å². The van der Waals surface area contributed by atoms with Gasteiger partial charge >= 0.3 is 0 Å². The van der Waals surface area contributed by atoms with Crippen LogP contribution in [0.1, 0.15) is 18.4 Å². The molecule has 2 aliphatic heterocycles. The number of fused-ring (bicyclic) bond motifs is 1. The van der Waals surface area contributed by atoms with Crippen molar-refractivity contribution in [2.75, 3.05) is 49.1 Å². The van der Waals surface area contributed by atoms with E-state index in [9.17, 15) is 4.79 Å². The summed E-state index contributed by atoms with van der Waals surface area (Å²) in [7, 11) is 1.68. The maximum Gasteiger partial charge on any atom is 0.266 e. The van der Waals surface area contributed by atoms with Crippen molar-refractivity contribution in [1.29, 1.82) is 0 Å². The van der Waals surface area contributed by atoms with Gasteiger partial charge in [0.25, 0.3) is 5.56 Å². The minimum Gasteiger partial charge on any atom is -0.369 e. The molecule has 8 nitrogen and oxygen atoms in total. The van der Waals surface area contributed by atoms with Gasteiger partial charge in [-0.1, -0.05) is 0 Å². The normalized spacial score (nSPS) is 17.8. The molecule has 0 radical (unpaired) electrons. The minimum atomic E-state index is -0.0571. The second-order valence-electron chi connectivity index (χ2n) is 8.18. The quantitative estimate of drug-likeness (QED) is 0.654. The van der Waals surface area contributed by atoms with Gasteiger partial charge < -0.3 is 9.80 Å². The number of rotatable bonds is 4. The van der Waals surface area contributed by atoms with Gasteiger partial charge in [-0.2, -0.15) is 5.10 Å². The Balaban J connectivity index is 1.30. The molecule has 1 aromatic carbocycles. The van der Waals surface area contributed by atoms with E-state index in [1.807, 2.05) is 0 Å². The molecule has 2 saturated heterocycles. The molecule has 156 valence electrons. The zero-order valence-corrected chi connectivity index (χ0v) is 17.4. The molecule has 2 fully saturated rings. The smallest absolute Gasteiger partial charge is 0.266 e. The largest absolute Gasteiger partial charge is 0.369 e. The number of aryl methyl sites for hydroxylation is 1. The lowest BCUT2D eigenvalue weighted by molar-refractivity contribution is 0.249. The van der Waals surface area contributed by atoms with E-state index in [-0.39, 0.29) is 5.56 Å². The summed E-state index contributed by atoms with van der Waals surface area (Å²) in [4.78, 5) is 28.1. The fourth-order valence-electron chi connectivity index (χ4n) is 4.42. The van der Waals surface area contributed by atoms with Crippen molar-refractivity contribution in [2.24, 2.45) is 7.05 Å². The lowest BCUT2D eigenvalue weighted by Gasteiger charge is -2.36. The molecule has 2 aromatic heterocycles. The molecule has 4 heterocycles. The van der Waals surface area contributed by atoms with E-state index in [0.29, 0.717) is 0 Å². The monoisotopic (exact) mass is 405 g/mol. The Labute approximate surface area is 175 Å². The number of aromatic nitrogens is 4. The van der Waals surface area contributed by atoms with Crippen LogP contribution in [0.25, 0.3) is 10.9 Å². The van der Waals surface area contributed by atoms with Crippen LogP contribution < -0.4 is 15.4 Å². The molecule has 0 aliphatic carbocycles. The van der Waals surface area contributed by atoms with Crippen LogP contribution in [0.3, 0.4) is 0 Å². The predicted octanol–water partition coefficient (Wildman–Crippen LogP) is 1.65. The van der Waals surface area contributed by atoms with Crippen LogP contribution in [-0.2, 0) is 13.6 Å². The summed E-state index contributed by atoms with van der Waals surface area (Å²) in [6, 6.07) is 8.22. The van der Waals surface area contributed by atoms with Crippen molar-refractivity contribution in [3.63, 3.8) is 0 Å².